The first-order valence-corrected chi connectivity index (χ1v) is 8.32. The van der Waals surface area contributed by atoms with Gasteiger partial charge in [0.2, 0.25) is 0 Å². The molecule has 0 bridgehead atoms. The number of rotatable bonds is 5. The predicted octanol–water partition coefficient (Wildman–Crippen LogP) is 5.37. The molecule has 3 aromatic rings. The van der Waals surface area contributed by atoms with E-state index in [1.807, 2.05) is 11.4 Å². The Morgan fingerprint density at radius 2 is 2.08 bits per heavy atom. The number of halogens is 3. The fourth-order valence-electron chi connectivity index (χ4n) is 2.21. The van der Waals surface area contributed by atoms with Gasteiger partial charge in [0.15, 0.2) is 5.13 Å². The molecular formula is C17H14F3N3OS. The Balaban J connectivity index is 1.85. The maximum Gasteiger partial charge on any atom is 0.420 e. The molecular weight excluding hydrogens is 351 g/mol. The van der Waals surface area contributed by atoms with E-state index in [0.717, 1.165) is 11.6 Å². The number of pyridine rings is 1. The van der Waals surface area contributed by atoms with Crippen molar-refractivity contribution in [2.75, 3.05) is 11.9 Å². The van der Waals surface area contributed by atoms with Gasteiger partial charge in [0, 0.05) is 29.0 Å². The molecule has 0 atom stereocenters. The zero-order valence-electron chi connectivity index (χ0n) is 13.2. The third-order valence-corrected chi connectivity index (χ3v) is 4.06. The molecule has 0 aliphatic carbocycles. The average molecular weight is 365 g/mol. The standard InChI is InChI=1S/C17H14F3N3OS/c1-2-24-15-6-5-12(8-13(15)17(18,19)20)22-16-23-14(10-25-16)11-4-3-7-21-9-11/h3-10H,2H2,1H3,(H,22,23). The molecule has 0 saturated carbocycles. The number of hydrogen-bond acceptors (Lipinski definition) is 5. The first-order chi connectivity index (χ1) is 12.0. The first kappa shape index (κ1) is 17.2. The molecule has 1 N–H and O–H groups in total. The van der Waals surface area contributed by atoms with E-state index in [1.54, 1.807) is 25.4 Å². The SMILES string of the molecule is CCOc1ccc(Nc2nc(-c3cccnc3)cs2)cc1C(F)(F)F. The van der Waals surface area contributed by atoms with Crippen LogP contribution < -0.4 is 10.1 Å². The molecule has 1 aromatic carbocycles. The van der Waals surface area contributed by atoms with E-state index in [-0.39, 0.29) is 12.4 Å². The average Bonchev–Trinajstić information content (AvgIpc) is 3.05. The molecule has 0 aliphatic heterocycles. The summed E-state index contributed by atoms with van der Waals surface area (Å²) in [6, 6.07) is 7.53. The Morgan fingerprint density at radius 1 is 1.24 bits per heavy atom. The normalized spacial score (nSPS) is 11.4. The molecule has 25 heavy (non-hydrogen) atoms. The second kappa shape index (κ2) is 7.10. The Kier molecular flexibility index (Phi) is 4.89. The number of ether oxygens (including phenoxy) is 1. The van der Waals surface area contributed by atoms with Gasteiger partial charge in [0.05, 0.1) is 17.9 Å². The molecule has 0 spiro atoms. The molecule has 4 nitrogen and oxygen atoms in total. The predicted molar refractivity (Wildman–Crippen MR) is 91.2 cm³/mol. The molecule has 0 unspecified atom stereocenters. The molecule has 0 radical (unpaired) electrons. The van der Waals surface area contributed by atoms with Gasteiger partial charge >= 0.3 is 6.18 Å². The van der Waals surface area contributed by atoms with E-state index in [4.69, 9.17) is 4.74 Å². The smallest absolute Gasteiger partial charge is 0.420 e. The lowest BCUT2D eigenvalue weighted by Crippen LogP contribution is -2.09. The molecule has 0 fully saturated rings. The van der Waals surface area contributed by atoms with E-state index < -0.39 is 11.7 Å². The summed E-state index contributed by atoms with van der Waals surface area (Å²) >= 11 is 1.30. The molecule has 2 heterocycles. The Morgan fingerprint density at radius 3 is 2.76 bits per heavy atom. The van der Waals surface area contributed by atoms with Crippen molar-refractivity contribution in [3.63, 3.8) is 0 Å². The van der Waals surface area contributed by atoms with Gasteiger partial charge in [-0.2, -0.15) is 13.2 Å². The second-order valence-corrected chi connectivity index (χ2v) is 5.90. The monoisotopic (exact) mass is 365 g/mol. The minimum Gasteiger partial charge on any atom is -0.493 e. The maximum atomic E-state index is 13.2. The highest BCUT2D eigenvalue weighted by Gasteiger charge is 2.34. The van der Waals surface area contributed by atoms with Crippen LogP contribution in [0, 0.1) is 0 Å². The number of benzene rings is 1. The van der Waals surface area contributed by atoms with Crippen LogP contribution >= 0.6 is 11.3 Å². The minimum atomic E-state index is -4.49. The highest BCUT2D eigenvalue weighted by molar-refractivity contribution is 7.14. The van der Waals surface area contributed by atoms with Gasteiger partial charge in [0.25, 0.3) is 0 Å². The zero-order chi connectivity index (χ0) is 17.9. The van der Waals surface area contributed by atoms with Crippen LogP contribution in [-0.2, 0) is 6.18 Å². The quantitative estimate of drug-likeness (QED) is 0.661. The van der Waals surface area contributed by atoms with E-state index in [0.29, 0.717) is 16.5 Å². The molecule has 130 valence electrons. The van der Waals surface area contributed by atoms with E-state index in [1.165, 1.54) is 23.5 Å². The number of aromatic nitrogens is 2. The number of anilines is 2. The van der Waals surface area contributed by atoms with Crippen LogP contribution in [0.1, 0.15) is 12.5 Å². The summed E-state index contributed by atoms with van der Waals surface area (Å²) in [6.07, 6.45) is -1.16. The number of alkyl halides is 3. The Hall–Kier alpha value is -2.61. The molecule has 0 saturated heterocycles. The van der Waals surface area contributed by atoms with E-state index in [2.05, 4.69) is 15.3 Å². The lowest BCUT2D eigenvalue weighted by molar-refractivity contribution is -0.138. The summed E-state index contributed by atoms with van der Waals surface area (Å²) in [5, 5.41) is 5.22. The Labute approximate surface area is 146 Å². The van der Waals surface area contributed by atoms with Crippen LogP contribution in [0.25, 0.3) is 11.3 Å². The summed E-state index contributed by atoms with van der Waals surface area (Å²) < 4.78 is 44.6. The van der Waals surface area contributed by atoms with Gasteiger partial charge in [0.1, 0.15) is 5.75 Å². The molecule has 8 heteroatoms. The van der Waals surface area contributed by atoms with Crippen molar-refractivity contribution < 1.29 is 17.9 Å². The number of hydrogen-bond donors (Lipinski definition) is 1. The molecule has 0 amide bonds. The lowest BCUT2D eigenvalue weighted by atomic mass is 10.1. The van der Waals surface area contributed by atoms with Gasteiger partial charge in [-0.05, 0) is 37.3 Å². The molecule has 0 aliphatic rings. The summed E-state index contributed by atoms with van der Waals surface area (Å²) in [7, 11) is 0. The minimum absolute atomic E-state index is 0.163. The van der Waals surface area contributed by atoms with Crippen LogP contribution in [0.3, 0.4) is 0 Å². The number of thiazole rings is 1. The van der Waals surface area contributed by atoms with Crippen molar-refractivity contribution in [2.24, 2.45) is 0 Å². The number of nitrogens with zero attached hydrogens (tertiary/aromatic N) is 2. The van der Waals surface area contributed by atoms with E-state index >= 15 is 0 Å². The van der Waals surface area contributed by atoms with Crippen molar-refractivity contribution in [2.45, 2.75) is 13.1 Å². The molecule has 2 aromatic heterocycles. The van der Waals surface area contributed by atoms with Gasteiger partial charge in [-0.3, -0.25) is 4.98 Å². The maximum absolute atomic E-state index is 13.2. The summed E-state index contributed by atoms with van der Waals surface area (Å²) in [4.78, 5) is 8.41. The van der Waals surface area contributed by atoms with Crippen molar-refractivity contribution in [3.8, 4) is 17.0 Å². The fourth-order valence-corrected chi connectivity index (χ4v) is 2.95. The topological polar surface area (TPSA) is 47.0 Å². The van der Waals surface area contributed by atoms with Crippen LogP contribution in [-0.4, -0.2) is 16.6 Å². The largest absolute Gasteiger partial charge is 0.493 e. The Bertz CT molecular complexity index is 850. The van der Waals surface area contributed by atoms with E-state index in [9.17, 15) is 13.2 Å². The summed E-state index contributed by atoms with van der Waals surface area (Å²) in [5.74, 6) is -0.185. The third-order valence-electron chi connectivity index (χ3n) is 3.30. The van der Waals surface area contributed by atoms with Crippen LogP contribution in [0.5, 0.6) is 5.75 Å². The zero-order valence-corrected chi connectivity index (χ0v) is 14.0. The summed E-state index contributed by atoms with van der Waals surface area (Å²) in [6.45, 7) is 1.80. The van der Waals surface area contributed by atoms with Crippen molar-refractivity contribution >= 4 is 22.2 Å². The third kappa shape index (κ3) is 4.08. The van der Waals surface area contributed by atoms with Crippen LogP contribution in [0.2, 0.25) is 0 Å². The highest BCUT2D eigenvalue weighted by Crippen LogP contribution is 2.38. The fraction of sp³-hybridized carbons (Fsp3) is 0.176. The number of nitrogens with one attached hydrogen (secondary N) is 1. The van der Waals surface area contributed by atoms with Crippen LogP contribution in [0.4, 0.5) is 24.0 Å². The van der Waals surface area contributed by atoms with Crippen LogP contribution in [0.15, 0.2) is 48.1 Å². The first-order valence-electron chi connectivity index (χ1n) is 7.44. The van der Waals surface area contributed by atoms with Crippen molar-refractivity contribution in [1.82, 2.24) is 9.97 Å². The van der Waals surface area contributed by atoms with Gasteiger partial charge in [-0.1, -0.05) is 0 Å². The second-order valence-electron chi connectivity index (χ2n) is 5.05. The van der Waals surface area contributed by atoms with Gasteiger partial charge in [-0.15, -0.1) is 11.3 Å². The summed E-state index contributed by atoms with van der Waals surface area (Å²) in [5.41, 5.74) is 1.03. The lowest BCUT2D eigenvalue weighted by Gasteiger charge is -2.14. The highest BCUT2D eigenvalue weighted by atomic mass is 32.1. The molecule has 3 rings (SSSR count). The van der Waals surface area contributed by atoms with Crippen molar-refractivity contribution in [3.05, 3.63) is 53.7 Å². The van der Waals surface area contributed by atoms with Crippen molar-refractivity contribution in [1.29, 1.82) is 0 Å². The van der Waals surface area contributed by atoms with Gasteiger partial charge in [-0.25, -0.2) is 4.98 Å². The van der Waals surface area contributed by atoms with Gasteiger partial charge < -0.3 is 10.1 Å².